The Morgan fingerprint density at radius 2 is 2.10 bits per heavy atom. The SMILES string of the molecule is CN(C)S(=O)(=O)CCNc1cccc(C#N)c1[N+](=O)[O-]. The van der Waals surface area contributed by atoms with E-state index in [1.165, 1.54) is 32.3 Å². The summed E-state index contributed by atoms with van der Waals surface area (Å²) in [5.74, 6) is -0.200. The summed E-state index contributed by atoms with van der Waals surface area (Å²) in [4.78, 5) is 10.3. The summed E-state index contributed by atoms with van der Waals surface area (Å²) in [7, 11) is -0.560. The first-order valence-electron chi connectivity index (χ1n) is 5.61. The van der Waals surface area contributed by atoms with Gasteiger partial charge < -0.3 is 5.32 Å². The van der Waals surface area contributed by atoms with Crippen molar-refractivity contribution in [1.29, 1.82) is 5.26 Å². The number of rotatable bonds is 6. The Bertz CT molecular complexity index is 649. The summed E-state index contributed by atoms with van der Waals surface area (Å²) >= 11 is 0. The molecule has 0 aliphatic rings. The van der Waals surface area contributed by atoms with Crippen LogP contribution in [0.15, 0.2) is 18.2 Å². The summed E-state index contributed by atoms with van der Waals surface area (Å²) in [5.41, 5.74) is -0.296. The largest absolute Gasteiger partial charge is 0.378 e. The highest BCUT2D eigenvalue weighted by Gasteiger charge is 2.20. The van der Waals surface area contributed by atoms with E-state index >= 15 is 0 Å². The molecule has 0 aliphatic carbocycles. The highest BCUT2D eigenvalue weighted by molar-refractivity contribution is 7.89. The van der Waals surface area contributed by atoms with Crippen molar-refractivity contribution in [1.82, 2.24) is 4.31 Å². The van der Waals surface area contributed by atoms with Gasteiger partial charge in [-0.1, -0.05) is 6.07 Å². The zero-order chi connectivity index (χ0) is 15.3. The van der Waals surface area contributed by atoms with Crippen molar-refractivity contribution in [3.8, 4) is 6.07 Å². The Labute approximate surface area is 116 Å². The molecule has 9 heteroatoms. The molecule has 0 atom stereocenters. The third-order valence-electron chi connectivity index (χ3n) is 2.57. The molecule has 8 nitrogen and oxygen atoms in total. The molecule has 0 heterocycles. The van der Waals surface area contributed by atoms with E-state index in [9.17, 15) is 18.5 Å². The van der Waals surface area contributed by atoms with Gasteiger partial charge in [0, 0.05) is 20.6 Å². The topological polar surface area (TPSA) is 116 Å². The summed E-state index contributed by atoms with van der Waals surface area (Å²) < 4.78 is 24.2. The average molecular weight is 298 g/mol. The van der Waals surface area contributed by atoms with Crippen molar-refractivity contribution in [2.45, 2.75) is 0 Å². The number of nitro groups is 1. The Morgan fingerprint density at radius 1 is 1.45 bits per heavy atom. The molecule has 0 fully saturated rings. The van der Waals surface area contributed by atoms with E-state index in [2.05, 4.69) is 5.32 Å². The number of nitro benzene ring substituents is 1. The molecule has 108 valence electrons. The first-order valence-corrected chi connectivity index (χ1v) is 7.22. The van der Waals surface area contributed by atoms with Gasteiger partial charge in [0.1, 0.15) is 17.3 Å². The van der Waals surface area contributed by atoms with E-state index in [0.717, 1.165) is 4.31 Å². The number of para-hydroxylation sites is 1. The van der Waals surface area contributed by atoms with E-state index < -0.39 is 14.9 Å². The third kappa shape index (κ3) is 3.66. The van der Waals surface area contributed by atoms with Crippen LogP contribution in [0.4, 0.5) is 11.4 Å². The molecule has 0 spiro atoms. The lowest BCUT2D eigenvalue weighted by molar-refractivity contribution is -0.384. The molecule has 1 rings (SSSR count). The van der Waals surface area contributed by atoms with E-state index in [4.69, 9.17) is 5.26 Å². The lowest BCUT2D eigenvalue weighted by Crippen LogP contribution is -2.28. The fraction of sp³-hybridized carbons (Fsp3) is 0.364. The zero-order valence-electron chi connectivity index (χ0n) is 11.0. The number of nitriles is 1. The van der Waals surface area contributed by atoms with Crippen LogP contribution >= 0.6 is 0 Å². The smallest absolute Gasteiger partial charge is 0.309 e. The van der Waals surface area contributed by atoms with Crippen molar-refractivity contribution < 1.29 is 13.3 Å². The number of nitrogens with one attached hydrogen (secondary N) is 1. The number of nitrogens with zero attached hydrogens (tertiary/aromatic N) is 3. The number of sulfonamides is 1. The minimum atomic E-state index is -3.38. The standard InChI is InChI=1S/C11H14N4O4S/c1-14(2)20(18,19)7-6-13-10-5-3-4-9(8-12)11(10)15(16)17/h3-5,13H,6-7H2,1-2H3. The van der Waals surface area contributed by atoms with Gasteiger partial charge >= 0.3 is 5.69 Å². The molecule has 0 saturated carbocycles. The lowest BCUT2D eigenvalue weighted by Gasteiger charge is -2.12. The van der Waals surface area contributed by atoms with Crippen molar-refractivity contribution in [3.63, 3.8) is 0 Å². The molecule has 0 amide bonds. The van der Waals surface area contributed by atoms with Gasteiger partial charge in [0.2, 0.25) is 10.0 Å². The van der Waals surface area contributed by atoms with Crippen LogP contribution < -0.4 is 5.32 Å². The zero-order valence-corrected chi connectivity index (χ0v) is 11.8. The van der Waals surface area contributed by atoms with E-state index in [0.29, 0.717) is 0 Å². The van der Waals surface area contributed by atoms with Crippen LogP contribution in [0.2, 0.25) is 0 Å². The van der Waals surface area contributed by atoms with Crippen molar-refractivity contribution in [2.24, 2.45) is 0 Å². The fourth-order valence-corrected chi connectivity index (χ4v) is 2.20. The number of hydrogen-bond donors (Lipinski definition) is 1. The maximum atomic E-state index is 11.6. The summed E-state index contributed by atoms with van der Waals surface area (Å²) in [5, 5.41) is 22.5. The number of anilines is 1. The van der Waals surface area contributed by atoms with Gasteiger partial charge in [-0.25, -0.2) is 12.7 Å². The summed E-state index contributed by atoms with van der Waals surface area (Å²) in [6.07, 6.45) is 0. The minimum absolute atomic E-state index is 0.0102. The average Bonchev–Trinajstić information content (AvgIpc) is 2.37. The Kier molecular flexibility index (Phi) is 5.01. The Morgan fingerprint density at radius 3 is 2.60 bits per heavy atom. The monoisotopic (exact) mass is 298 g/mol. The quantitative estimate of drug-likeness (QED) is 0.612. The molecule has 1 aromatic carbocycles. The molecule has 0 radical (unpaired) electrons. The van der Waals surface area contributed by atoms with Gasteiger partial charge in [0.25, 0.3) is 0 Å². The molecule has 0 aliphatic heterocycles. The molecular formula is C11H14N4O4S. The van der Waals surface area contributed by atoms with Crippen LogP contribution in [0, 0.1) is 21.4 Å². The van der Waals surface area contributed by atoms with Gasteiger partial charge in [-0.3, -0.25) is 10.1 Å². The third-order valence-corrected chi connectivity index (χ3v) is 4.40. The molecule has 0 aromatic heterocycles. The van der Waals surface area contributed by atoms with Crippen LogP contribution in [0.5, 0.6) is 0 Å². The predicted molar refractivity (Wildman–Crippen MR) is 73.8 cm³/mol. The lowest BCUT2D eigenvalue weighted by atomic mass is 10.1. The normalized spacial score (nSPS) is 11.1. The van der Waals surface area contributed by atoms with E-state index in [1.807, 2.05) is 0 Å². The summed E-state index contributed by atoms with van der Waals surface area (Å²) in [6, 6.07) is 5.99. The second kappa shape index (κ2) is 6.31. The summed E-state index contributed by atoms with van der Waals surface area (Å²) in [6.45, 7) is 0.0102. The number of benzene rings is 1. The van der Waals surface area contributed by atoms with Crippen molar-refractivity contribution in [3.05, 3.63) is 33.9 Å². The van der Waals surface area contributed by atoms with Crippen LogP contribution in [0.3, 0.4) is 0 Å². The Hall–Kier alpha value is -2.18. The molecular weight excluding hydrogens is 284 g/mol. The first kappa shape index (κ1) is 15.9. The van der Waals surface area contributed by atoms with Crippen molar-refractivity contribution >= 4 is 21.4 Å². The van der Waals surface area contributed by atoms with Crippen LogP contribution in [-0.4, -0.2) is 44.0 Å². The second-order valence-electron chi connectivity index (χ2n) is 4.10. The first-order chi connectivity index (χ1) is 9.29. The van der Waals surface area contributed by atoms with Crippen molar-refractivity contribution in [2.75, 3.05) is 31.7 Å². The minimum Gasteiger partial charge on any atom is -0.378 e. The van der Waals surface area contributed by atoms with Crippen LogP contribution in [0.1, 0.15) is 5.56 Å². The van der Waals surface area contributed by atoms with Gasteiger partial charge in [0.15, 0.2) is 0 Å². The van der Waals surface area contributed by atoms with Crippen LogP contribution in [-0.2, 0) is 10.0 Å². The van der Waals surface area contributed by atoms with Crippen LogP contribution in [0.25, 0.3) is 0 Å². The predicted octanol–water partition coefficient (Wildman–Crippen LogP) is 0.770. The van der Waals surface area contributed by atoms with Gasteiger partial charge in [-0.15, -0.1) is 0 Å². The molecule has 0 bridgehead atoms. The van der Waals surface area contributed by atoms with E-state index in [1.54, 1.807) is 6.07 Å². The van der Waals surface area contributed by atoms with Gasteiger partial charge in [0.05, 0.1) is 10.7 Å². The van der Waals surface area contributed by atoms with Gasteiger partial charge in [-0.2, -0.15) is 5.26 Å². The fourth-order valence-electron chi connectivity index (χ4n) is 1.47. The highest BCUT2D eigenvalue weighted by atomic mass is 32.2. The Balaban J connectivity index is 2.90. The highest BCUT2D eigenvalue weighted by Crippen LogP contribution is 2.27. The molecule has 20 heavy (non-hydrogen) atoms. The molecule has 0 saturated heterocycles. The maximum Gasteiger partial charge on any atom is 0.309 e. The van der Waals surface area contributed by atoms with E-state index in [-0.39, 0.29) is 29.2 Å². The molecule has 1 aromatic rings. The molecule has 1 N–H and O–H groups in total. The van der Waals surface area contributed by atoms with Gasteiger partial charge in [-0.05, 0) is 12.1 Å². The maximum absolute atomic E-state index is 11.6. The number of hydrogen-bond acceptors (Lipinski definition) is 6. The molecule has 0 unspecified atom stereocenters. The second-order valence-corrected chi connectivity index (χ2v) is 6.40.